The van der Waals surface area contributed by atoms with E-state index in [1.54, 1.807) is 12.3 Å². The van der Waals surface area contributed by atoms with Crippen molar-refractivity contribution in [3.63, 3.8) is 0 Å². The van der Waals surface area contributed by atoms with E-state index in [-0.39, 0.29) is 17.2 Å². The summed E-state index contributed by atoms with van der Waals surface area (Å²) in [6, 6.07) is 5.12. The molecule has 3 heterocycles. The highest BCUT2D eigenvalue weighted by molar-refractivity contribution is 5.87. The van der Waals surface area contributed by atoms with E-state index >= 15 is 0 Å². The number of nitrogens with zero attached hydrogens (tertiary/aromatic N) is 5. The Morgan fingerprint density at radius 2 is 1.85 bits per heavy atom. The summed E-state index contributed by atoms with van der Waals surface area (Å²) < 4.78 is 41.7. The second-order valence-electron chi connectivity index (χ2n) is 5.67. The number of alkyl halides is 3. The van der Waals surface area contributed by atoms with Gasteiger partial charge in [-0.2, -0.15) is 18.3 Å². The van der Waals surface area contributed by atoms with Crippen LogP contribution in [0.25, 0.3) is 22.5 Å². The molecule has 0 atom stereocenters. The van der Waals surface area contributed by atoms with Crippen molar-refractivity contribution in [3.05, 3.63) is 66.4 Å². The zero-order valence-electron chi connectivity index (χ0n) is 13.4. The number of aromatic carboxylic acids is 1. The van der Waals surface area contributed by atoms with Crippen molar-refractivity contribution >= 4 is 16.9 Å². The summed E-state index contributed by atoms with van der Waals surface area (Å²) in [4.78, 5) is 19.3. The average molecular weight is 373 g/mol. The van der Waals surface area contributed by atoms with Gasteiger partial charge in [-0.15, -0.1) is 0 Å². The summed E-state index contributed by atoms with van der Waals surface area (Å²) in [7, 11) is 0. The Bertz CT molecular complexity index is 1160. The Morgan fingerprint density at radius 1 is 1.07 bits per heavy atom. The molecule has 0 bridgehead atoms. The van der Waals surface area contributed by atoms with Crippen LogP contribution in [-0.2, 0) is 6.18 Å². The number of hydrogen-bond donors (Lipinski definition) is 1. The fourth-order valence-electron chi connectivity index (χ4n) is 2.64. The summed E-state index contributed by atoms with van der Waals surface area (Å²) in [5.41, 5.74) is -0.469. The average Bonchev–Trinajstić information content (AvgIpc) is 3.28. The van der Waals surface area contributed by atoms with Gasteiger partial charge in [-0.05, 0) is 18.2 Å². The van der Waals surface area contributed by atoms with Gasteiger partial charge in [0.25, 0.3) is 0 Å². The highest BCUT2D eigenvalue weighted by Crippen LogP contribution is 2.32. The zero-order chi connectivity index (χ0) is 19.2. The third kappa shape index (κ3) is 3.01. The first-order chi connectivity index (χ1) is 12.8. The lowest BCUT2D eigenvalue weighted by atomic mass is 10.1. The quantitative estimate of drug-likeness (QED) is 0.595. The Balaban J connectivity index is 1.80. The lowest BCUT2D eigenvalue weighted by Gasteiger charge is -2.09. The molecule has 7 nitrogen and oxygen atoms in total. The summed E-state index contributed by atoms with van der Waals surface area (Å²) >= 11 is 0. The number of benzene rings is 1. The van der Waals surface area contributed by atoms with Crippen LogP contribution in [0.2, 0.25) is 0 Å². The van der Waals surface area contributed by atoms with Gasteiger partial charge in [0.15, 0.2) is 11.6 Å². The van der Waals surface area contributed by atoms with Gasteiger partial charge in [-0.1, -0.05) is 6.07 Å². The van der Waals surface area contributed by atoms with Crippen LogP contribution in [-0.4, -0.2) is 35.4 Å². The molecule has 0 unspecified atom stereocenters. The number of rotatable bonds is 3. The molecule has 0 fully saturated rings. The van der Waals surface area contributed by atoms with Crippen LogP contribution < -0.4 is 0 Å². The van der Waals surface area contributed by atoms with Gasteiger partial charge in [0.2, 0.25) is 0 Å². The molecule has 3 aromatic heterocycles. The molecule has 0 spiro atoms. The van der Waals surface area contributed by atoms with Gasteiger partial charge in [-0.25, -0.2) is 14.5 Å². The fraction of sp³-hybridized carbons (Fsp3) is 0.0588. The summed E-state index contributed by atoms with van der Waals surface area (Å²) in [6.07, 6.45) is 2.33. The number of carboxylic acids is 1. The molecule has 0 aliphatic carbocycles. The van der Waals surface area contributed by atoms with Crippen molar-refractivity contribution in [2.24, 2.45) is 0 Å². The minimum atomic E-state index is -4.46. The van der Waals surface area contributed by atoms with E-state index in [4.69, 9.17) is 5.11 Å². The molecule has 0 aliphatic rings. The van der Waals surface area contributed by atoms with E-state index in [1.165, 1.54) is 33.9 Å². The fourth-order valence-corrected chi connectivity index (χ4v) is 2.64. The van der Waals surface area contributed by atoms with Gasteiger partial charge in [-0.3, -0.25) is 9.55 Å². The van der Waals surface area contributed by atoms with Gasteiger partial charge >= 0.3 is 12.1 Å². The van der Waals surface area contributed by atoms with Crippen molar-refractivity contribution in [2.75, 3.05) is 0 Å². The topological polar surface area (TPSA) is 85.8 Å². The van der Waals surface area contributed by atoms with Gasteiger partial charge < -0.3 is 5.11 Å². The molecule has 0 saturated carbocycles. The molecule has 0 amide bonds. The first-order valence-electron chi connectivity index (χ1n) is 7.62. The number of carboxylic acid groups (broad SMARTS) is 1. The van der Waals surface area contributed by atoms with Gasteiger partial charge in [0.05, 0.1) is 35.2 Å². The molecule has 0 saturated heterocycles. The number of halogens is 3. The predicted molar refractivity (Wildman–Crippen MR) is 87.9 cm³/mol. The molecule has 4 rings (SSSR count). The normalized spacial score (nSPS) is 11.8. The third-order valence-electron chi connectivity index (χ3n) is 3.94. The molecular weight excluding hydrogens is 363 g/mol. The molecule has 136 valence electrons. The molecule has 4 aromatic rings. The Kier molecular flexibility index (Phi) is 3.69. The maximum absolute atomic E-state index is 13.0. The van der Waals surface area contributed by atoms with Crippen molar-refractivity contribution in [2.45, 2.75) is 6.18 Å². The monoisotopic (exact) mass is 373 g/mol. The Hall–Kier alpha value is -3.69. The van der Waals surface area contributed by atoms with Crippen molar-refractivity contribution in [1.29, 1.82) is 0 Å². The van der Waals surface area contributed by atoms with Crippen LogP contribution in [0.15, 0.2) is 55.2 Å². The number of hydrogen-bond acceptors (Lipinski definition) is 4. The van der Waals surface area contributed by atoms with Crippen molar-refractivity contribution < 1.29 is 23.1 Å². The molecule has 1 aromatic carbocycles. The van der Waals surface area contributed by atoms with Crippen LogP contribution in [0.5, 0.6) is 0 Å². The lowest BCUT2D eigenvalue weighted by molar-refractivity contribution is -0.137. The standard InChI is InChI=1S/C17H10F3N5O2/c18-17(19,20)12-2-1-10-3-4-24(13(10)5-12)14-7-21-8-15(23-14)25-9-11(6-22-25)16(26)27/h1-9H,(H,26,27). The highest BCUT2D eigenvalue weighted by Gasteiger charge is 2.30. The first-order valence-corrected chi connectivity index (χ1v) is 7.62. The minimum absolute atomic E-state index is 0.0246. The van der Waals surface area contributed by atoms with E-state index in [2.05, 4.69) is 15.1 Å². The molecule has 27 heavy (non-hydrogen) atoms. The van der Waals surface area contributed by atoms with E-state index in [9.17, 15) is 18.0 Å². The zero-order valence-corrected chi connectivity index (χ0v) is 13.4. The second-order valence-corrected chi connectivity index (χ2v) is 5.67. The molecular formula is C17H10F3N5O2. The van der Waals surface area contributed by atoms with Crippen molar-refractivity contribution in [3.8, 4) is 11.6 Å². The van der Waals surface area contributed by atoms with E-state index in [0.29, 0.717) is 10.9 Å². The smallest absolute Gasteiger partial charge is 0.416 e. The van der Waals surface area contributed by atoms with E-state index < -0.39 is 17.7 Å². The summed E-state index contributed by atoms with van der Waals surface area (Å²) in [6.45, 7) is 0. The Labute approximate surface area is 149 Å². The van der Waals surface area contributed by atoms with Crippen LogP contribution in [0.3, 0.4) is 0 Å². The van der Waals surface area contributed by atoms with Crippen molar-refractivity contribution in [1.82, 2.24) is 24.3 Å². The maximum Gasteiger partial charge on any atom is 0.416 e. The Morgan fingerprint density at radius 3 is 2.56 bits per heavy atom. The number of aromatic nitrogens is 5. The predicted octanol–water partition coefficient (Wildman–Crippen LogP) is 3.32. The van der Waals surface area contributed by atoms with Crippen LogP contribution >= 0.6 is 0 Å². The number of carbonyl (C=O) groups is 1. The molecule has 0 aliphatic heterocycles. The summed E-state index contributed by atoms with van der Waals surface area (Å²) in [5, 5.41) is 13.5. The third-order valence-corrected chi connectivity index (χ3v) is 3.94. The lowest BCUT2D eigenvalue weighted by Crippen LogP contribution is -2.06. The minimum Gasteiger partial charge on any atom is -0.478 e. The SMILES string of the molecule is O=C(O)c1cnn(-c2cncc(-n3ccc4ccc(C(F)(F)F)cc43)n2)c1. The van der Waals surface area contributed by atoms with E-state index in [1.807, 2.05) is 0 Å². The van der Waals surface area contributed by atoms with E-state index in [0.717, 1.165) is 18.3 Å². The van der Waals surface area contributed by atoms with Crippen LogP contribution in [0, 0.1) is 0 Å². The number of fused-ring (bicyclic) bond motifs is 1. The van der Waals surface area contributed by atoms with Gasteiger partial charge in [0, 0.05) is 17.8 Å². The largest absolute Gasteiger partial charge is 0.478 e. The molecule has 1 N–H and O–H groups in total. The molecule has 0 radical (unpaired) electrons. The maximum atomic E-state index is 13.0. The summed E-state index contributed by atoms with van der Waals surface area (Å²) in [5.74, 6) is -0.635. The van der Waals surface area contributed by atoms with Crippen LogP contribution in [0.4, 0.5) is 13.2 Å². The highest BCUT2D eigenvalue weighted by atomic mass is 19.4. The van der Waals surface area contributed by atoms with Gasteiger partial charge in [0.1, 0.15) is 0 Å². The second kappa shape index (κ2) is 5.94. The van der Waals surface area contributed by atoms with Crippen LogP contribution in [0.1, 0.15) is 15.9 Å². The first kappa shape index (κ1) is 16.8. The molecule has 10 heteroatoms.